The Morgan fingerprint density at radius 2 is 2.24 bits per heavy atom. The highest BCUT2D eigenvalue weighted by atomic mass is 19.1. The van der Waals surface area contributed by atoms with Crippen LogP contribution >= 0.6 is 0 Å². The van der Waals surface area contributed by atoms with E-state index in [2.05, 4.69) is 0 Å². The van der Waals surface area contributed by atoms with Gasteiger partial charge in [0.2, 0.25) is 5.82 Å². The lowest BCUT2D eigenvalue weighted by Gasteiger charge is -2.11. The summed E-state index contributed by atoms with van der Waals surface area (Å²) in [5.74, 6) is -2.46. The largest absolute Gasteiger partial charge is 0.466 e. The number of hydrogen-bond acceptors (Lipinski definition) is 4. The number of esters is 1. The van der Waals surface area contributed by atoms with Crippen LogP contribution in [0.1, 0.15) is 25.3 Å². The van der Waals surface area contributed by atoms with Crippen molar-refractivity contribution in [2.75, 3.05) is 6.61 Å². The van der Waals surface area contributed by atoms with Crippen molar-refractivity contribution in [3.63, 3.8) is 0 Å². The number of hydrogen-bond donors (Lipinski definition) is 0. The van der Waals surface area contributed by atoms with E-state index < -0.39 is 28.3 Å². The molecule has 1 rings (SSSR count). The first-order valence-electron chi connectivity index (χ1n) is 5.08. The van der Waals surface area contributed by atoms with Crippen LogP contribution in [0.5, 0.6) is 0 Å². The standard InChI is InChI=1S/C11H12FNO4/c1-3-17-11(14)7(2)8-5-4-6-9(10(8)12)13(15)16/h4-7H,3H2,1-2H3. The molecule has 1 unspecified atom stereocenters. The molecule has 0 aliphatic rings. The SMILES string of the molecule is CCOC(=O)C(C)c1cccc([N+](=O)[O-])c1F. The van der Waals surface area contributed by atoms with E-state index in [0.29, 0.717) is 0 Å². The maximum absolute atomic E-state index is 13.7. The van der Waals surface area contributed by atoms with Gasteiger partial charge in [-0.3, -0.25) is 14.9 Å². The number of carbonyl (C=O) groups excluding carboxylic acids is 1. The quantitative estimate of drug-likeness (QED) is 0.461. The minimum atomic E-state index is -0.988. The zero-order chi connectivity index (χ0) is 13.0. The van der Waals surface area contributed by atoms with Crippen LogP contribution in [0.25, 0.3) is 0 Å². The molecule has 0 aliphatic heterocycles. The normalized spacial score (nSPS) is 11.9. The third-order valence-corrected chi connectivity index (χ3v) is 2.31. The van der Waals surface area contributed by atoms with Gasteiger partial charge in [-0.15, -0.1) is 0 Å². The summed E-state index contributed by atoms with van der Waals surface area (Å²) >= 11 is 0. The summed E-state index contributed by atoms with van der Waals surface area (Å²) in [5, 5.41) is 10.5. The molecule has 0 aromatic heterocycles. The third-order valence-electron chi connectivity index (χ3n) is 2.31. The Bertz CT molecular complexity index is 447. The molecule has 17 heavy (non-hydrogen) atoms. The first-order chi connectivity index (χ1) is 7.99. The van der Waals surface area contributed by atoms with Gasteiger partial charge in [-0.1, -0.05) is 12.1 Å². The molecule has 0 N–H and O–H groups in total. The summed E-state index contributed by atoms with van der Waals surface area (Å²) in [6.45, 7) is 3.26. The van der Waals surface area contributed by atoms with Crippen molar-refractivity contribution >= 4 is 11.7 Å². The molecule has 0 bridgehead atoms. The van der Waals surface area contributed by atoms with Crippen LogP contribution in [0.2, 0.25) is 0 Å². The van der Waals surface area contributed by atoms with E-state index in [1.165, 1.54) is 19.1 Å². The molecule has 0 amide bonds. The average Bonchev–Trinajstić information content (AvgIpc) is 2.28. The smallest absolute Gasteiger partial charge is 0.313 e. The third kappa shape index (κ3) is 2.77. The van der Waals surface area contributed by atoms with E-state index in [1.807, 2.05) is 0 Å². The first kappa shape index (κ1) is 13.1. The van der Waals surface area contributed by atoms with E-state index in [1.54, 1.807) is 6.92 Å². The van der Waals surface area contributed by atoms with Crippen LogP contribution in [-0.2, 0) is 9.53 Å². The van der Waals surface area contributed by atoms with Crippen LogP contribution in [-0.4, -0.2) is 17.5 Å². The fourth-order valence-electron chi connectivity index (χ4n) is 1.41. The van der Waals surface area contributed by atoms with E-state index in [0.717, 1.165) is 6.07 Å². The Morgan fingerprint density at radius 3 is 2.76 bits per heavy atom. The molecule has 1 aromatic rings. The summed E-state index contributed by atoms with van der Waals surface area (Å²) in [4.78, 5) is 21.1. The Labute approximate surface area is 97.3 Å². The summed E-state index contributed by atoms with van der Waals surface area (Å²) in [6.07, 6.45) is 0. The molecular formula is C11H12FNO4. The monoisotopic (exact) mass is 241 g/mol. The van der Waals surface area contributed by atoms with Gasteiger partial charge in [-0.25, -0.2) is 0 Å². The van der Waals surface area contributed by atoms with Gasteiger partial charge in [0.1, 0.15) is 0 Å². The number of ether oxygens (including phenoxy) is 1. The van der Waals surface area contributed by atoms with E-state index in [9.17, 15) is 19.3 Å². The Balaban J connectivity index is 3.10. The molecule has 92 valence electrons. The van der Waals surface area contributed by atoms with Crippen molar-refractivity contribution in [1.82, 2.24) is 0 Å². The summed E-state index contributed by atoms with van der Waals surface area (Å²) in [5.41, 5.74) is -0.670. The number of rotatable bonds is 4. The molecule has 5 nitrogen and oxygen atoms in total. The predicted octanol–water partition coefficient (Wildman–Crippen LogP) is 2.40. The second kappa shape index (κ2) is 5.38. The topological polar surface area (TPSA) is 69.4 Å². The number of carbonyl (C=O) groups is 1. The summed E-state index contributed by atoms with van der Waals surface area (Å²) < 4.78 is 18.5. The highest BCUT2D eigenvalue weighted by Crippen LogP contribution is 2.26. The van der Waals surface area contributed by atoms with Gasteiger partial charge in [-0.05, 0) is 13.8 Å². The lowest BCUT2D eigenvalue weighted by Crippen LogP contribution is -2.14. The fourth-order valence-corrected chi connectivity index (χ4v) is 1.41. The van der Waals surface area contributed by atoms with Gasteiger partial charge < -0.3 is 4.74 Å². The van der Waals surface area contributed by atoms with E-state index in [4.69, 9.17) is 4.74 Å². The van der Waals surface area contributed by atoms with Crippen LogP contribution in [0.3, 0.4) is 0 Å². The van der Waals surface area contributed by atoms with Gasteiger partial charge in [0.15, 0.2) is 0 Å². The second-order valence-corrected chi connectivity index (χ2v) is 3.41. The zero-order valence-corrected chi connectivity index (χ0v) is 9.47. The molecule has 0 spiro atoms. The highest BCUT2D eigenvalue weighted by Gasteiger charge is 2.25. The molecule has 6 heteroatoms. The Kier molecular flexibility index (Phi) is 4.14. The molecule has 0 saturated carbocycles. The van der Waals surface area contributed by atoms with Crippen molar-refractivity contribution in [2.24, 2.45) is 0 Å². The number of nitro groups is 1. The van der Waals surface area contributed by atoms with Crippen molar-refractivity contribution in [2.45, 2.75) is 19.8 Å². The van der Waals surface area contributed by atoms with Gasteiger partial charge in [0.05, 0.1) is 17.4 Å². The molecule has 1 aromatic carbocycles. The predicted molar refractivity (Wildman–Crippen MR) is 58.1 cm³/mol. The molecule has 0 aliphatic carbocycles. The van der Waals surface area contributed by atoms with Crippen molar-refractivity contribution < 1.29 is 18.8 Å². The van der Waals surface area contributed by atoms with E-state index in [-0.39, 0.29) is 12.2 Å². The highest BCUT2D eigenvalue weighted by molar-refractivity contribution is 5.78. The number of nitrogens with zero attached hydrogens (tertiary/aromatic N) is 1. The van der Waals surface area contributed by atoms with Gasteiger partial charge in [0.25, 0.3) is 0 Å². The first-order valence-corrected chi connectivity index (χ1v) is 5.08. The van der Waals surface area contributed by atoms with Crippen molar-refractivity contribution in [3.05, 3.63) is 39.7 Å². The van der Waals surface area contributed by atoms with Crippen LogP contribution in [0.4, 0.5) is 10.1 Å². The molecule has 0 saturated heterocycles. The fraction of sp³-hybridized carbons (Fsp3) is 0.364. The molecule has 0 heterocycles. The Morgan fingerprint density at radius 1 is 1.59 bits per heavy atom. The lowest BCUT2D eigenvalue weighted by molar-refractivity contribution is -0.387. The van der Waals surface area contributed by atoms with Crippen molar-refractivity contribution in [1.29, 1.82) is 0 Å². The maximum Gasteiger partial charge on any atom is 0.313 e. The van der Waals surface area contributed by atoms with Gasteiger partial charge in [-0.2, -0.15) is 4.39 Å². The summed E-state index contributed by atoms with van der Waals surface area (Å²) in [7, 11) is 0. The second-order valence-electron chi connectivity index (χ2n) is 3.41. The maximum atomic E-state index is 13.7. The number of benzene rings is 1. The molecule has 0 radical (unpaired) electrons. The van der Waals surface area contributed by atoms with Crippen LogP contribution < -0.4 is 0 Å². The Hall–Kier alpha value is -1.98. The lowest BCUT2D eigenvalue weighted by atomic mass is 10.00. The minimum absolute atomic E-state index is 0.0300. The average molecular weight is 241 g/mol. The zero-order valence-electron chi connectivity index (χ0n) is 9.47. The van der Waals surface area contributed by atoms with Crippen LogP contribution in [0.15, 0.2) is 18.2 Å². The summed E-state index contributed by atoms with van der Waals surface area (Å²) in [6, 6.07) is 3.73. The molecule has 1 atom stereocenters. The molecular weight excluding hydrogens is 229 g/mol. The van der Waals surface area contributed by atoms with Crippen molar-refractivity contribution in [3.8, 4) is 0 Å². The van der Waals surface area contributed by atoms with Gasteiger partial charge in [0, 0.05) is 11.6 Å². The molecule has 0 fully saturated rings. The van der Waals surface area contributed by atoms with Gasteiger partial charge >= 0.3 is 11.7 Å². The number of halogens is 1. The van der Waals surface area contributed by atoms with Crippen LogP contribution in [0, 0.1) is 15.9 Å². The number of nitro benzene ring substituents is 1. The van der Waals surface area contributed by atoms with E-state index >= 15 is 0 Å². The minimum Gasteiger partial charge on any atom is -0.466 e.